The maximum absolute atomic E-state index is 12.7. The highest BCUT2D eigenvalue weighted by Gasteiger charge is 2.30. The summed E-state index contributed by atoms with van der Waals surface area (Å²) in [6.07, 6.45) is -4.42. The molecule has 1 saturated heterocycles. The minimum absolute atomic E-state index is 0.166. The molecule has 3 rings (SSSR count). The molecule has 1 aliphatic heterocycles. The number of alkyl halides is 3. The highest BCUT2D eigenvalue weighted by atomic mass is 19.4. The normalized spacial score (nSPS) is 15.6. The van der Waals surface area contributed by atoms with Crippen molar-refractivity contribution in [3.8, 4) is 11.5 Å². The molecule has 0 bridgehead atoms. The van der Waals surface area contributed by atoms with Crippen molar-refractivity contribution in [1.29, 1.82) is 0 Å². The van der Waals surface area contributed by atoms with Crippen LogP contribution in [0.25, 0.3) is 0 Å². The van der Waals surface area contributed by atoms with Crippen molar-refractivity contribution in [2.24, 2.45) is 5.92 Å². The van der Waals surface area contributed by atoms with Gasteiger partial charge in [0.1, 0.15) is 11.4 Å². The molecule has 0 unspecified atom stereocenters. The topological polar surface area (TPSA) is 74.7 Å². The molecule has 2 heterocycles. The smallest absolute Gasteiger partial charge is 0.416 e. The van der Waals surface area contributed by atoms with Crippen LogP contribution < -0.4 is 15.0 Å². The molecular formula is C20H22F3N3O3. The Morgan fingerprint density at radius 3 is 2.48 bits per heavy atom. The second kappa shape index (κ2) is 8.28. The second-order valence-electron chi connectivity index (χ2n) is 7.21. The third-order valence-electron chi connectivity index (χ3n) is 4.50. The van der Waals surface area contributed by atoms with Crippen LogP contribution in [0.4, 0.5) is 19.0 Å². The number of aliphatic hydroxyl groups excluding tert-OH is 1. The van der Waals surface area contributed by atoms with E-state index in [1.165, 1.54) is 18.2 Å². The summed E-state index contributed by atoms with van der Waals surface area (Å²) in [5.41, 5.74) is -0.593. The van der Waals surface area contributed by atoms with Gasteiger partial charge < -0.3 is 20.1 Å². The zero-order valence-corrected chi connectivity index (χ0v) is 16.0. The van der Waals surface area contributed by atoms with Gasteiger partial charge in [-0.2, -0.15) is 13.2 Å². The molecule has 0 spiro atoms. The molecular weight excluding hydrogens is 387 g/mol. The number of rotatable bonds is 6. The van der Waals surface area contributed by atoms with E-state index in [0.29, 0.717) is 17.5 Å². The number of anilines is 1. The van der Waals surface area contributed by atoms with Gasteiger partial charge in [0.15, 0.2) is 11.6 Å². The van der Waals surface area contributed by atoms with E-state index in [4.69, 9.17) is 9.84 Å². The van der Waals surface area contributed by atoms with Gasteiger partial charge in [-0.15, -0.1) is 0 Å². The summed E-state index contributed by atoms with van der Waals surface area (Å²) in [7, 11) is 0. The van der Waals surface area contributed by atoms with Crippen molar-refractivity contribution in [1.82, 2.24) is 10.3 Å². The third kappa shape index (κ3) is 4.97. The fraction of sp³-hybridized carbons (Fsp3) is 0.400. The van der Waals surface area contributed by atoms with Crippen LogP contribution >= 0.6 is 0 Å². The Morgan fingerprint density at radius 2 is 1.93 bits per heavy atom. The Labute approximate surface area is 166 Å². The fourth-order valence-corrected chi connectivity index (χ4v) is 2.92. The van der Waals surface area contributed by atoms with E-state index in [-0.39, 0.29) is 18.1 Å². The molecule has 0 radical (unpaired) electrons. The number of aromatic nitrogens is 1. The quantitative estimate of drug-likeness (QED) is 0.764. The Kier molecular flexibility index (Phi) is 5.97. The maximum atomic E-state index is 12.7. The largest absolute Gasteiger partial charge is 0.453 e. The minimum Gasteiger partial charge on any atom is -0.453 e. The van der Waals surface area contributed by atoms with Crippen LogP contribution in [-0.4, -0.2) is 41.7 Å². The minimum atomic E-state index is -4.42. The number of amides is 1. The molecule has 29 heavy (non-hydrogen) atoms. The van der Waals surface area contributed by atoms with Gasteiger partial charge in [0.25, 0.3) is 5.91 Å². The number of hydrogen-bond donors (Lipinski definition) is 2. The molecule has 156 valence electrons. The van der Waals surface area contributed by atoms with Crippen LogP contribution in [0.5, 0.6) is 11.5 Å². The molecule has 1 amide bonds. The van der Waals surface area contributed by atoms with Crippen LogP contribution in [0.2, 0.25) is 0 Å². The van der Waals surface area contributed by atoms with Crippen molar-refractivity contribution < 1.29 is 27.8 Å². The number of nitrogens with one attached hydrogen (secondary N) is 1. The predicted molar refractivity (Wildman–Crippen MR) is 101 cm³/mol. The van der Waals surface area contributed by atoms with E-state index in [2.05, 4.69) is 17.2 Å². The van der Waals surface area contributed by atoms with Crippen molar-refractivity contribution in [2.45, 2.75) is 26.1 Å². The number of carbonyl (C=O) groups excluding carboxylic acids is 1. The maximum Gasteiger partial charge on any atom is 0.416 e. The lowest BCUT2D eigenvalue weighted by Crippen LogP contribution is -2.46. The Balaban J connectivity index is 1.84. The molecule has 6 nitrogen and oxygen atoms in total. The van der Waals surface area contributed by atoms with Crippen molar-refractivity contribution >= 4 is 11.7 Å². The Morgan fingerprint density at radius 1 is 1.28 bits per heavy atom. The average molecular weight is 409 g/mol. The molecule has 2 aromatic rings. The van der Waals surface area contributed by atoms with Gasteiger partial charge in [0.05, 0.1) is 12.2 Å². The highest BCUT2D eigenvalue weighted by molar-refractivity contribution is 5.93. The lowest BCUT2D eigenvalue weighted by atomic mass is 10.0. The fourth-order valence-electron chi connectivity index (χ4n) is 2.92. The number of benzene rings is 1. The zero-order valence-electron chi connectivity index (χ0n) is 16.0. The van der Waals surface area contributed by atoms with E-state index in [1.54, 1.807) is 13.0 Å². The van der Waals surface area contributed by atoms with E-state index in [9.17, 15) is 18.0 Å². The zero-order chi connectivity index (χ0) is 21.2. The summed E-state index contributed by atoms with van der Waals surface area (Å²) in [5, 5.41) is 11.7. The van der Waals surface area contributed by atoms with Gasteiger partial charge in [-0.05, 0) is 49.2 Å². The van der Waals surface area contributed by atoms with Gasteiger partial charge in [-0.3, -0.25) is 4.79 Å². The Hall–Kier alpha value is -2.81. The molecule has 0 saturated carbocycles. The lowest BCUT2D eigenvalue weighted by Gasteiger charge is -2.38. The number of ether oxygens (including phenoxy) is 1. The Bertz CT molecular complexity index is 866. The number of hydrogen-bond acceptors (Lipinski definition) is 5. The summed E-state index contributed by atoms with van der Waals surface area (Å²) >= 11 is 0. The third-order valence-corrected chi connectivity index (χ3v) is 4.50. The van der Waals surface area contributed by atoms with Gasteiger partial charge in [0, 0.05) is 19.1 Å². The number of halogens is 3. The SMILES string of the molecule is CC1CN(c2nc(C(=O)N[C@H](C)CO)ccc2Oc2ccc(C(F)(F)F)cc2)C1. The average Bonchev–Trinajstić information content (AvgIpc) is 2.65. The van der Waals surface area contributed by atoms with Crippen molar-refractivity contribution in [2.75, 3.05) is 24.6 Å². The summed E-state index contributed by atoms with van der Waals surface area (Å²) in [5.74, 6) is 1.07. The second-order valence-corrected chi connectivity index (χ2v) is 7.21. The van der Waals surface area contributed by atoms with Crippen LogP contribution in [0.15, 0.2) is 36.4 Å². The van der Waals surface area contributed by atoms with Gasteiger partial charge in [0.2, 0.25) is 0 Å². The van der Waals surface area contributed by atoms with Crippen molar-refractivity contribution in [3.05, 3.63) is 47.7 Å². The predicted octanol–water partition coefficient (Wildman–Crippen LogP) is 3.46. The molecule has 1 aromatic heterocycles. The summed E-state index contributed by atoms with van der Waals surface area (Å²) in [4.78, 5) is 18.6. The highest BCUT2D eigenvalue weighted by Crippen LogP contribution is 2.36. The first-order valence-corrected chi connectivity index (χ1v) is 9.20. The molecule has 1 fully saturated rings. The first-order valence-electron chi connectivity index (χ1n) is 9.20. The van der Waals surface area contributed by atoms with Crippen LogP contribution in [0.3, 0.4) is 0 Å². The molecule has 0 aliphatic carbocycles. The molecule has 1 aliphatic rings. The monoisotopic (exact) mass is 409 g/mol. The number of carbonyl (C=O) groups is 1. The van der Waals surface area contributed by atoms with E-state index >= 15 is 0 Å². The first-order chi connectivity index (χ1) is 13.7. The van der Waals surface area contributed by atoms with E-state index in [0.717, 1.165) is 25.2 Å². The van der Waals surface area contributed by atoms with Gasteiger partial charge >= 0.3 is 6.18 Å². The molecule has 1 aromatic carbocycles. The lowest BCUT2D eigenvalue weighted by molar-refractivity contribution is -0.137. The van der Waals surface area contributed by atoms with Crippen molar-refractivity contribution in [3.63, 3.8) is 0 Å². The number of nitrogens with zero attached hydrogens (tertiary/aromatic N) is 2. The summed E-state index contributed by atoms with van der Waals surface area (Å²) in [6.45, 7) is 5.00. The number of aliphatic hydroxyl groups is 1. The van der Waals surface area contributed by atoms with Gasteiger partial charge in [-0.25, -0.2) is 4.98 Å². The van der Waals surface area contributed by atoms with Crippen LogP contribution in [-0.2, 0) is 6.18 Å². The standard InChI is InChI=1S/C20H22F3N3O3/c1-12-9-26(10-12)18-17(8-7-16(25-18)19(28)24-13(2)11-27)29-15-5-3-14(4-6-15)20(21,22)23/h3-8,12-13,27H,9-11H2,1-2H3,(H,24,28)/t13-/m1/s1. The molecule has 9 heteroatoms. The van der Waals surface area contributed by atoms with E-state index in [1.807, 2.05) is 4.90 Å². The molecule has 2 N–H and O–H groups in total. The number of pyridine rings is 1. The first kappa shape index (κ1) is 20.9. The van der Waals surface area contributed by atoms with E-state index < -0.39 is 23.7 Å². The van der Waals surface area contributed by atoms with Crippen LogP contribution in [0, 0.1) is 5.92 Å². The summed E-state index contributed by atoms with van der Waals surface area (Å²) in [6, 6.07) is 7.02. The molecule has 1 atom stereocenters. The van der Waals surface area contributed by atoms with Crippen LogP contribution in [0.1, 0.15) is 29.9 Å². The van der Waals surface area contributed by atoms with Gasteiger partial charge in [-0.1, -0.05) is 6.92 Å². The summed E-state index contributed by atoms with van der Waals surface area (Å²) < 4.78 is 44.0.